The van der Waals surface area contributed by atoms with Crippen molar-refractivity contribution in [2.24, 2.45) is 5.92 Å². The molecule has 0 spiro atoms. The fraction of sp³-hybridized carbons (Fsp3) is 0.722. The number of nitrogens with zero attached hydrogens (tertiary/aromatic N) is 3. The molecule has 2 saturated heterocycles. The number of amides is 3. The van der Waals surface area contributed by atoms with E-state index in [4.69, 9.17) is 4.52 Å². The van der Waals surface area contributed by atoms with Gasteiger partial charge in [-0.3, -0.25) is 14.6 Å². The molecule has 7 nitrogen and oxygen atoms in total. The Bertz CT molecular complexity index is 664. The van der Waals surface area contributed by atoms with Crippen molar-refractivity contribution in [1.29, 1.82) is 0 Å². The average Bonchev–Trinajstić information content (AvgIpc) is 2.98. The molecular weight excluding hydrogens is 320 g/mol. The second kappa shape index (κ2) is 6.44. The summed E-state index contributed by atoms with van der Waals surface area (Å²) in [6, 6.07) is -0.401. The third-order valence-corrected chi connectivity index (χ3v) is 5.65. The Morgan fingerprint density at radius 3 is 2.64 bits per heavy atom. The van der Waals surface area contributed by atoms with Gasteiger partial charge in [-0.2, -0.15) is 0 Å². The minimum absolute atomic E-state index is 0.0990. The van der Waals surface area contributed by atoms with E-state index >= 15 is 0 Å². The predicted octanol–water partition coefficient (Wildman–Crippen LogP) is 2.22. The van der Waals surface area contributed by atoms with Crippen molar-refractivity contribution in [3.63, 3.8) is 0 Å². The average molecular weight is 348 g/mol. The van der Waals surface area contributed by atoms with Crippen LogP contribution in [0, 0.1) is 19.8 Å². The molecule has 3 rings (SSSR count). The summed E-state index contributed by atoms with van der Waals surface area (Å²) < 4.78 is 5.26. The Hall–Kier alpha value is -1.89. The minimum Gasteiger partial charge on any atom is -0.361 e. The van der Waals surface area contributed by atoms with Crippen molar-refractivity contribution in [3.8, 4) is 0 Å². The van der Waals surface area contributed by atoms with E-state index in [1.54, 1.807) is 0 Å². The molecule has 3 amide bonds. The molecule has 0 unspecified atom stereocenters. The molecule has 1 aromatic rings. The topological polar surface area (TPSA) is 78.7 Å². The lowest BCUT2D eigenvalue weighted by Gasteiger charge is -2.40. The summed E-state index contributed by atoms with van der Waals surface area (Å²) in [4.78, 5) is 28.9. The van der Waals surface area contributed by atoms with Crippen LogP contribution in [0.4, 0.5) is 4.79 Å². The third-order valence-electron chi connectivity index (χ3n) is 5.65. The summed E-state index contributed by atoms with van der Waals surface area (Å²) in [7, 11) is 0. The van der Waals surface area contributed by atoms with Crippen molar-refractivity contribution in [2.45, 2.75) is 65.6 Å². The number of carbonyl (C=O) groups is 2. The van der Waals surface area contributed by atoms with E-state index in [9.17, 15) is 9.59 Å². The van der Waals surface area contributed by atoms with Gasteiger partial charge in [-0.1, -0.05) is 5.16 Å². The van der Waals surface area contributed by atoms with Crippen LogP contribution in [0.25, 0.3) is 0 Å². The van der Waals surface area contributed by atoms with Gasteiger partial charge in [0.15, 0.2) is 0 Å². The fourth-order valence-electron chi connectivity index (χ4n) is 4.05. The quantitative estimate of drug-likeness (QED) is 0.844. The van der Waals surface area contributed by atoms with Crippen molar-refractivity contribution < 1.29 is 14.1 Å². The van der Waals surface area contributed by atoms with E-state index in [0.717, 1.165) is 49.5 Å². The van der Waals surface area contributed by atoms with E-state index in [0.29, 0.717) is 0 Å². The van der Waals surface area contributed by atoms with Crippen LogP contribution in [0.3, 0.4) is 0 Å². The Morgan fingerprint density at radius 2 is 2.08 bits per heavy atom. The molecule has 2 aliphatic heterocycles. The van der Waals surface area contributed by atoms with E-state index < -0.39 is 5.54 Å². The first-order valence-corrected chi connectivity index (χ1v) is 9.04. The van der Waals surface area contributed by atoms with Crippen LogP contribution in [0.5, 0.6) is 0 Å². The number of piperidine rings is 1. The molecule has 7 heteroatoms. The number of hydrogen-bond acceptors (Lipinski definition) is 5. The molecule has 1 N–H and O–H groups in total. The second-order valence-corrected chi connectivity index (χ2v) is 7.78. The van der Waals surface area contributed by atoms with Gasteiger partial charge < -0.3 is 9.84 Å². The monoisotopic (exact) mass is 348 g/mol. The molecule has 0 bridgehead atoms. The number of likely N-dealkylation sites (tertiary alicyclic amines) is 1. The molecule has 2 aliphatic rings. The number of hydrogen-bond donors (Lipinski definition) is 1. The lowest BCUT2D eigenvalue weighted by molar-refractivity contribution is -0.134. The fourth-order valence-corrected chi connectivity index (χ4v) is 4.05. The van der Waals surface area contributed by atoms with E-state index in [1.165, 1.54) is 4.90 Å². The maximum atomic E-state index is 12.9. The van der Waals surface area contributed by atoms with Gasteiger partial charge in [-0.15, -0.1) is 0 Å². The van der Waals surface area contributed by atoms with Gasteiger partial charge in [-0.05, 0) is 54.0 Å². The van der Waals surface area contributed by atoms with Gasteiger partial charge in [0.05, 0.1) is 5.69 Å². The van der Waals surface area contributed by atoms with Gasteiger partial charge in [0, 0.05) is 30.6 Å². The molecular formula is C18H28N4O3. The van der Waals surface area contributed by atoms with Crippen LogP contribution < -0.4 is 5.32 Å². The molecule has 138 valence electrons. The summed E-state index contributed by atoms with van der Waals surface area (Å²) in [6.45, 7) is 12.0. The normalized spacial score (nSPS) is 28.1. The van der Waals surface area contributed by atoms with E-state index in [1.807, 2.05) is 34.6 Å². The highest BCUT2D eigenvalue weighted by molar-refractivity contribution is 6.07. The zero-order valence-electron chi connectivity index (χ0n) is 15.8. The largest absolute Gasteiger partial charge is 0.361 e. The summed E-state index contributed by atoms with van der Waals surface area (Å²) >= 11 is 0. The summed E-state index contributed by atoms with van der Waals surface area (Å²) in [5.41, 5.74) is 1.22. The van der Waals surface area contributed by atoms with Gasteiger partial charge in [0.2, 0.25) is 0 Å². The maximum Gasteiger partial charge on any atom is 0.325 e. The maximum absolute atomic E-state index is 12.9. The molecule has 2 fully saturated rings. The highest BCUT2D eigenvalue weighted by atomic mass is 16.5. The third kappa shape index (κ3) is 3.05. The van der Waals surface area contributed by atoms with Gasteiger partial charge in [-0.25, -0.2) is 4.79 Å². The van der Waals surface area contributed by atoms with Crippen molar-refractivity contribution in [2.75, 3.05) is 13.1 Å². The molecule has 0 saturated carbocycles. The summed E-state index contributed by atoms with van der Waals surface area (Å²) in [5.74, 6) is 0.848. The number of urea groups is 1. The molecule has 0 aliphatic carbocycles. The number of imide groups is 1. The smallest absolute Gasteiger partial charge is 0.325 e. The van der Waals surface area contributed by atoms with Crippen LogP contribution in [0.15, 0.2) is 4.52 Å². The number of aromatic nitrogens is 1. The first-order chi connectivity index (χ1) is 11.7. The standard InChI is InChI=1S/C18H28N4O3/c1-11(2)22-16(23)18(5,19-17(22)24)14-7-6-8-21(9-14)10-15-12(3)20-25-13(15)4/h11,14H,6-10H2,1-5H3,(H,19,24)/t14-,18-/m0/s1. The van der Waals surface area contributed by atoms with Crippen molar-refractivity contribution >= 4 is 11.9 Å². The Labute approximate surface area is 148 Å². The molecule has 25 heavy (non-hydrogen) atoms. The molecule has 2 atom stereocenters. The highest BCUT2D eigenvalue weighted by Gasteiger charge is 2.53. The Morgan fingerprint density at radius 1 is 1.36 bits per heavy atom. The molecule has 1 aromatic heterocycles. The van der Waals surface area contributed by atoms with Crippen LogP contribution in [-0.2, 0) is 11.3 Å². The van der Waals surface area contributed by atoms with Gasteiger partial charge in [0.1, 0.15) is 11.3 Å². The predicted molar refractivity (Wildman–Crippen MR) is 92.9 cm³/mol. The summed E-state index contributed by atoms with van der Waals surface area (Å²) in [5, 5.41) is 6.99. The lowest BCUT2D eigenvalue weighted by Crippen LogP contribution is -2.56. The Kier molecular flexibility index (Phi) is 4.62. The zero-order chi connectivity index (χ0) is 18.4. The van der Waals surface area contributed by atoms with Crippen LogP contribution in [0.2, 0.25) is 0 Å². The van der Waals surface area contributed by atoms with Gasteiger partial charge in [0.25, 0.3) is 5.91 Å². The molecule has 3 heterocycles. The van der Waals surface area contributed by atoms with E-state index in [2.05, 4.69) is 15.4 Å². The first kappa shape index (κ1) is 17.9. The highest BCUT2D eigenvalue weighted by Crippen LogP contribution is 2.34. The lowest BCUT2D eigenvalue weighted by atomic mass is 9.79. The van der Waals surface area contributed by atoms with Crippen LogP contribution in [-0.4, -0.2) is 51.6 Å². The van der Waals surface area contributed by atoms with Crippen LogP contribution >= 0.6 is 0 Å². The summed E-state index contributed by atoms with van der Waals surface area (Å²) in [6.07, 6.45) is 1.95. The van der Waals surface area contributed by atoms with Crippen molar-refractivity contribution in [3.05, 3.63) is 17.0 Å². The van der Waals surface area contributed by atoms with Crippen LogP contribution in [0.1, 0.15) is 50.6 Å². The molecule has 0 aromatic carbocycles. The number of nitrogens with one attached hydrogen (secondary N) is 1. The van der Waals surface area contributed by atoms with Crippen molar-refractivity contribution in [1.82, 2.24) is 20.3 Å². The Balaban J connectivity index is 1.75. The SMILES string of the molecule is Cc1noc(C)c1CN1CCC[C@H]([C@]2(C)NC(=O)N(C(C)C)C2=O)C1. The second-order valence-electron chi connectivity index (χ2n) is 7.78. The number of aryl methyl sites for hydroxylation is 2. The minimum atomic E-state index is -0.821. The van der Waals surface area contributed by atoms with E-state index in [-0.39, 0.29) is 23.9 Å². The molecule has 0 radical (unpaired) electrons. The van der Waals surface area contributed by atoms with Gasteiger partial charge >= 0.3 is 6.03 Å². The number of carbonyl (C=O) groups excluding carboxylic acids is 2. The zero-order valence-corrected chi connectivity index (χ0v) is 15.8. The number of rotatable bonds is 4. The first-order valence-electron chi connectivity index (χ1n) is 9.04.